The molecule has 0 spiro atoms. The van der Waals surface area contributed by atoms with Crippen molar-refractivity contribution in [2.24, 2.45) is 11.8 Å². The molecule has 0 aromatic carbocycles. The molecule has 1 saturated carbocycles. The van der Waals surface area contributed by atoms with Crippen LogP contribution in [0.5, 0.6) is 0 Å². The highest BCUT2D eigenvalue weighted by atomic mass is 16.5. The first kappa shape index (κ1) is 22.2. The maximum Gasteiger partial charge on any atom is 0.225 e. The Morgan fingerprint density at radius 3 is 2.57 bits per heavy atom. The number of hydrogen-bond acceptors (Lipinski definition) is 5. The molecule has 1 aromatic rings. The lowest BCUT2D eigenvalue weighted by atomic mass is 9.81. The maximum atomic E-state index is 13.3. The van der Waals surface area contributed by atoms with Gasteiger partial charge in [0.1, 0.15) is 5.54 Å². The van der Waals surface area contributed by atoms with Crippen molar-refractivity contribution in [1.82, 2.24) is 15.2 Å². The molecule has 0 bridgehead atoms. The van der Waals surface area contributed by atoms with Crippen molar-refractivity contribution in [2.75, 3.05) is 26.3 Å². The summed E-state index contributed by atoms with van der Waals surface area (Å²) < 4.78 is 5.34. The monoisotopic (exact) mass is 412 g/mol. The molecule has 1 aliphatic carbocycles. The molecular formula is C23H32N4O3. The summed E-state index contributed by atoms with van der Waals surface area (Å²) in [6.45, 7) is 3.92. The standard InChI is InChI=1S/C23H32N4O3/c1-23(17-24,20-7-9-25-10-8-20)26-22(29)19(15-18-5-3-2-4-6-18)16-21(28)27-11-13-30-14-12-27/h7-10,18-19H,2-6,11-16H2,1H3,(H,26,29)/t19-,23?/m1/s1. The number of aromatic nitrogens is 1. The van der Waals surface area contributed by atoms with Crippen LogP contribution < -0.4 is 5.32 Å². The van der Waals surface area contributed by atoms with Gasteiger partial charge in [0.05, 0.1) is 19.3 Å². The smallest absolute Gasteiger partial charge is 0.225 e. The largest absolute Gasteiger partial charge is 0.378 e. The Bertz CT molecular complexity index is 751. The van der Waals surface area contributed by atoms with Gasteiger partial charge in [-0.1, -0.05) is 32.1 Å². The molecule has 2 aliphatic rings. The first-order chi connectivity index (χ1) is 14.5. The second-order valence-corrected chi connectivity index (χ2v) is 8.60. The van der Waals surface area contributed by atoms with Crippen molar-refractivity contribution in [3.8, 4) is 6.07 Å². The number of ether oxygens (including phenoxy) is 1. The van der Waals surface area contributed by atoms with Gasteiger partial charge in [-0.3, -0.25) is 14.6 Å². The molecule has 1 aliphatic heterocycles. The Labute approximate surface area is 178 Å². The van der Waals surface area contributed by atoms with E-state index in [2.05, 4.69) is 16.4 Å². The van der Waals surface area contributed by atoms with E-state index in [1.807, 2.05) is 0 Å². The van der Waals surface area contributed by atoms with Crippen LogP contribution in [-0.4, -0.2) is 48.0 Å². The molecule has 1 unspecified atom stereocenters. The van der Waals surface area contributed by atoms with E-state index in [0.717, 1.165) is 12.8 Å². The third-order valence-electron chi connectivity index (χ3n) is 6.35. The van der Waals surface area contributed by atoms with Gasteiger partial charge in [-0.15, -0.1) is 0 Å². The Kier molecular flexibility index (Phi) is 7.81. The van der Waals surface area contributed by atoms with Gasteiger partial charge in [-0.25, -0.2) is 0 Å². The van der Waals surface area contributed by atoms with E-state index in [0.29, 0.717) is 44.2 Å². The van der Waals surface area contributed by atoms with E-state index in [4.69, 9.17) is 4.74 Å². The summed E-state index contributed by atoms with van der Waals surface area (Å²) in [6.07, 6.45) is 9.92. The lowest BCUT2D eigenvalue weighted by molar-refractivity contribution is -0.140. The highest BCUT2D eigenvalue weighted by Crippen LogP contribution is 2.31. The predicted octanol–water partition coefficient (Wildman–Crippen LogP) is 2.77. The Balaban J connectivity index is 1.72. The summed E-state index contributed by atoms with van der Waals surface area (Å²) in [7, 11) is 0. The number of morpholine rings is 1. The number of carbonyl (C=O) groups is 2. The van der Waals surface area contributed by atoms with E-state index >= 15 is 0 Å². The fourth-order valence-electron chi connectivity index (χ4n) is 4.46. The molecule has 2 amide bonds. The second kappa shape index (κ2) is 10.5. The minimum atomic E-state index is -1.16. The number of carbonyl (C=O) groups excluding carboxylic acids is 2. The molecular weight excluding hydrogens is 380 g/mol. The number of hydrogen-bond donors (Lipinski definition) is 1. The lowest BCUT2D eigenvalue weighted by Gasteiger charge is -2.32. The van der Waals surface area contributed by atoms with E-state index < -0.39 is 11.5 Å². The van der Waals surface area contributed by atoms with Crippen LogP contribution in [0.2, 0.25) is 0 Å². The topological polar surface area (TPSA) is 95.3 Å². The first-order valence-electron chi connectivity index (χ1n) is 11.0. The van der Waals surface area contributed by atoms with Crippen LogP contribution in [0.15, 0.2) is 24.5 Å². The normalized spacial score (nSPS) is 20.6. The quantitative estimate of drug-likeness (QED) is 0.743. The van der Waals surface area contributed by atoms with Crippen molar-refractivity contribution < 1.29 is 14.3 Å². The first-order valence-corrected chi connectivity index (χ1v) is 11.0. The fourth-order valence-corrected chi connectivity index (χ4v) is 4.46. The Hall–Kier alpha value is -2.46. The SMILES string of the molecule is CC(C#N)(NC(=O)[C@@H](CC(=O)N1CCOCC1)CC1CCCCC1)c1ccncc1. The molecule has 162 valence electrons. The molecule has 1 aromatic heterocycles. The number of rotatable bonds is 7. The minimum absolute atomic E-state index is 0.00293. The molecule has 1 saturated heterocycles. The molecule has 2 heterocycles. The van der Waals surface area contributed by atoms with Gasteiger partial charge in [0.2, 0.25) is 11.8 Å². The van der Waals surface area contributed by atoms with E-state index in [1.54, 1.807) is 36.4 Å². The number of nitriles is 1. The molecule has 30 heavy (non-hydrogen) atoms. The van der Waals surface area contributed by atoms with Crippen LogP contribution in [-0.2, 0) is 19.9 Å². The summed E-state index contributed by atoms with van der Waals surface area (Å²) in [5.41, 5.74) is -0.475. The average molecular weight is 413 g/mol. The fraction of sp³-hybridized carbons (Fsp3) is 0.652. The summed E-state index contributed by atoms with van der Waals surface area (Å²) in [6, 6.07) is 5.70. The Morgan fingerprint density at radius 2 is 1.93 bits per heavy atom. The van der Waals surface area contributed by atoms with E-state index in [1.165, 1.54) is 19.3 Å². The molecule has 1 N–H and O–H groups in total. The average Bonchev–Trinajstić information content (AvgIpc) is 2.80. The number of nitrogens with one attached hydrogen (secondary N) is 1. The molecule has 0 radical (unpaired) electrons. The van der Waals surface area contributed by atoms with Crippen molar-refractivity contribution in [3.05, 3.63) is 30.1 Å². The molecule has 7 nitrogen and oxygen atoms in total. The number of amides is 2. The third-order valence-corrected chi connectivity index (χ3v) is 6.35. The highest BCUT2D eigenvalue weighted by Gasteiger charge is 2.34. The highest BCUT2D eigenvalue weighted by molar-refractivity contribution is 5.86. The summed E-state index contributed by atoms with van der Waals surface area (Å²) >= 11 is 0. The molecule has 3 rings (SSSR count). The van der Waals surface area contributed by atoms with Gasteiger partial charge in [0.25, 0.3) is 0 Å². The van der Waals surface area contributed by atoms with Crippen molar-refractivity contribution >= 4 is 11.8 Å². The Morgan fingerprint density at radius 1 is 1.27 bits per heavy atom. The predicted molar refractivity (Wildman–Crippen MR) is 112 cm³/mol. The van der Waals surface area contributed by atoms with Crippen molar-refractivity contribution in [3.63, 3.8) is 0 Å². The van der Waals surface area contributed by atoms with Gasteiger partial charge in [0, 0.05) is 37.8 Å². The number of nitrogens with zero attached hydrogens (tertiary/aromatic N) is 3. The summed E-state index contributed by atoms with van der Waals surface area (Å²) in [4.78, 5) is 32.0. The van der Waals surface area contributed by atoms with Crippen molar-refractivity contribution in [2.45, 2.75) is 57.4 Å². The zero-order valence-corrected chi connectivity index (χ0v) is 17.8. The van der Waals surface area contributed by atoms with Crippen LogP contribution >= 0.6 is 0 Å². The van der Waals surface area contributed by atoms with E-state index in [-0.39, 0.29) is 18.2 Å². The zero-order chi connectivity index (χ0) is 21.4. The molecule has 2 atom stereocenters. The van der Waals surface area contributed by atoms with Gasteiger partial charge >= 0.3 is 0 Å². The maximum absolute atomic E-state index is 13.3. The van der Waals surface area contributed by atoms with Gasteiger partial charge in [0.15, 0.2) is 0 Å². The second-order valence-electron chi connectivity index (χ2n) is 8.60. The minimum Gasteiger partial charge on any atom is -0.378 e. The zero-order valence-electron chi connectivity index (χ0n) is 17.8. The van der Waals surface area contributed by atoms with Crippen LogP contribution in [0.1, 0.15) is 57.4 Å². The van der Waals surface area contributed by atoms with Gasteiger partial charge in [-0.05, 0) is 37.0 Å². The van der Waals surface area contributed by atoms with Crippen LogP contribution in [0.25, 0.3) is 0 Å². The van der Waals surface area contributed by atoms with Gasteiger partial charge in [-0.2, -0.15) is 5.26 Å². The van der Waals surface area contributed by atoms with Crippen molar-refractivity contribution in [1.29, 1.82) is 5.26 Å². The summed E-state index contributed by atoms with van der Waals surface area (Å²) in [5, 5.41) is 12.7. The van der Waals surface area contributed by atoms with E-state index in [9.17, 15) is 14.9 Å². The lowest BCUT2D eigenvalue weighted by Crippen LogP contribution is -2.47. The van der Waals surface area contributed by atoms with Crippen LogP contribution in [0.3, 0.4) is 0 Å². The van der Waals surface area contributed by atoms with Crippen LogP contribution in [0.4, 0.5) is 0 Å². The summed E-state index contributed by atoms with van der Waals surface area (Å²) in [5.74, 6) is -0.195. The number of pyridine rings is 1. The third kappa shape index (κ3) is 5.79. The van der Waals surface area contributed by atoms with Crippen LogP contribution in [0, 0.1) is 23.2 Å². The molecule has 2 fully saturated rings. The van der Waals surface area contributed by atoms with Gasteiger partial charge < -0.3 is 15.0 Å². The molecule has 7 heteroatoms.